The van der Waals surface area contributed by atoms with Gasteiger partial charge in [0.05, 0.1) is 0 Å². The van der Waals surface area contributed by atoms with Crippen molar-refractivity contribution in [3.8, 4) is 0 Å². The smallest absolute Gasteiger partial charge is 0.223 e. The molecule has 0 aromatic rings. The molecule has 0 N–H and O–H groups in total. The first-order valence-corrected chi connectivity index (χ1v) is 8.23. The Kier molecular flexibility index (Phi) is 3.74. The number of carbonyl (C=O) groups is 2. The first-order valence-electron chi connectivity index (χ1n) is 8.23. The highest BCUT2D eigenvalue weighted by Crippen LogP contribution is 2.39. The lowest BCUT2D eigenvalue weighted by Crippen LogP contribution is -2.46. The molecule has 112 valence electrons. The molecule has 1 atom stereocenters. The van der Waals surface area contributed by atoms with Gasteiger partial charge in [-0.2, -0.15) is 0 Å². The van der Waals surface area contributed by atoms with E-state index in [1.54, 1.807) is 0 Å². The average Bonchev–Trinajstić information content (AvgIpc) is 3.20. The summed E-state index contributed by atoms with van der Waals surface area (Å²) in [5, 5.41) is 0. The number of nitrogens with zero attached hydrogens (tertiary/aromatic N) is 2. The van der Waals surface area contributed by atoms with E-state index in [1.807, 2.05) is 0 Å². The topological polar surface area (TPSA) is 40.6 Å². The van der Waals surface area contributed by atoms with Gasteiger partial charge >= 0.3 is 0 Å². The highest BCUT2D eigenvalue weighted by molar-refractivity contribution is 5.80. The third-order valence-electron chi connectivity index (χ3n) is 5.42. The van der Waals surface area contributed by atoms with E-state index >= 15 is 0 Å². The molecule has 2 saturated heterocycles. The predicted molar refractivity (Wildman–Crippen MR) is 77.1 cm³/mol. The van der Waals surface area contributed by atoms with Crippen LogP contribution in [0.5, 0.6) is 0 Å². The first-order chi connectivity index (χ1) is 9.64. The van der Waals surface area contributed by atoms with Crippen LogP contribution in [0.1, 0.15) is 58.3 Å². The molecule has 2 amide bonds. The number of hydrogen-bond donors (Lipinski definition) is 0. The Morgan fingerprint density at radius 1 is 1.25 bits per heavy atom. The van der Waals surface area contributed by atoms with Crippen LogP contribution < -0.4 is 0 Å². The second-order valence-electron chi connectivity index (χ2n) is 6.74. The summed E-state index contributed by atoms with van der Waals surface area (Å²) in [5.74, 6) is 1.32. The van der Waals surface area contributed by atoms with Gasteiger partial charge in [-0.3, -0.25) is 9.59 Å². The van der Waals surface area contributed by atoms with Crippen LogP contribution >= 0.6 is 0 Å². The standard InChI is InChI=1S/C16H26N2O2/c1-2-18-14(19)6-8-16(18)7-3-10-17(11-9-16)15(20)12-13-4-5-13/h13H,2-12H2,1H3. The molecule has 3 aliphatic rings. The lowest BCUT2D eigenvalue weighted by molar-refractivity contribution is -0.131. The largest absolute Gasteiger partial charge is 0.343 e. The monoisotopic (exact) mass is 278 g/mol. The van der Waals surface area contributed by atoms with Crippen molar-refractivity contribution < 1.29 is 9.59 Å². The highest BCUT2D eigenvalue weighted by Gasteiger charge is 2.45. The van der Waals surface area contributed by atoms with Gasteiger partial charge in [0, 0.05) is 38.0 Å². The zero-order chi connectivity index (χ0) is 14.2. The number of amides is 2. The van der Waals surface area contributed by atoms with E-state index in [0.717, 1.165) is 51.7 Å². The lowest BCUT2D eigenvalue weighted by atomic mass is 9.88. The van der Waals surface area contributed by atoms with Crippen LogP contribution in [0.4, 0.5) is 0 Å². The summed E-state index contributed by atoms with van der Waals surface area (Å²) >= 11 is 0. The molecule has 0 bridgehead atoms. The molecule has 0 aromatic heterocycles. The first kappa shape index (κ1) is 13.9. The molecule has 4 heteroatoms. The van der Waals surface area contributed by atoms with E-state index in [1.165, 1.54) is 12.8 Å². The fourth-order valence-electron chi connectivity index (χ4n) is 4.03. The van der Waals surface area contributed by atoms with Crippen molar-refractivity contribution in [2.45, 2.75) is 63.8 Å². The number of carbonyl (C=O) groups excluding carboxylic acids is 2. The summed E-state index contributed by atoms with van der Waals surface area (Å²) < 4.78 is 0. The maximum atomic E-state index is 12.3. The van der Waals surface area contributed by atoms with Crippen LogP contribution in [0.25, 0.3) is 0 Å². The molecule has 2 heterocycles. The molecule has 1 aliphatic carbocycles. The molecule has 3 fully saturated rings. The van der Waals surface area contributed by atoms with E-state index < -0.39 is 0 Å². The fraction of sp³-hybridized carbons (Fsp3) is 0.875. The van der Waals surface area contributed by atoms with Crippen LogP contribution in [-0.4, -0.2) is 46.8 Å². The number of rotatable bonds is 3. The van der Waals surface area contributed by atoms with E-state index in [9.17, 15) is 9.59 Å². The normalized spacial score (nSPS) is 30.9. The Hall–Kier alpha value is -1.06. The minimum atomic E-state index is 0.0560. The predicted octanol–water partition coefficient (Wildman–Crippen LogP) is 2.18. The molecule has 1 spiro atoms. The second kappa shape index (κ2) is 5.38. The Morgan fingerprint density at radius 3 is 2.75 bits per heavy atom. The quantitative estimate of drug-likeness (QED) is 0.794. The van der Waals surface area contributed by atoms with Gasteiger partial charge in [0.2, 0.25) is 11.8 Å². The summed E-state index contributed by atoms with van der Waals surface area (Å²) in [6.07, 6.45) is 8.00. The van der Waals surface area contributed by atoms with Crippen LogP contribution in [-0.2, 0) is 9.59 Å². The maximum absolute atomic E-state index is 12.3. The molecule has 1 saturated carbocycles. The zero-order valence-electron chi connectivity index (χ0n) is 12.6. The Balaban J connectivity index is 1.63. The molecule has 0 aromatic carbocycles. The third kappa shape index (κ3) is 2.57. The van der Waals surface area contributed by atoms with Crippen LogP contribution in [0.2, 0.25) is 0 Å². The maximum Gasteiger partial charge on any atom is 0.223 e. The van der Waals surface area contributed by atoms with Gasteiger partial charge in [-0.15, -0.1) is 0 Å². The van der Waals surface area contributed by atoms with Crippen molar-refractivity contribution in [1.29, 1.82) is 0 Å². The summed E-state index contributed by atoms with van der Waals surface area (Å²) in [7, 11) is 0. The third-order valence-corrected chi connectivity index (χ3v) is 5.42. The van der Waals surface area contributed by atoms with Crippen molar-refractivity contribution in [2.75, 3.05) is 19.6 Å². The van der Waals surface area contributed by atoms with Gasteiger partial charge in [0.1, 0.15) is 0 Å². The summed E-state index contributed by atoms with van der Waals surface area (Å²) in [4.78, 5) is 28.4. The van der Waals surface area contributed by atoms with Gasteiger partial charge < -0.3 is 9.80 Å². The van der Waals surface area contributed by atoms with Crippen LogP contribution in [0.3, 0.4) is 0 Å². The van der Waals surface area contributed by atoms with Gasteiger partial charge in [-0.25, -0.2) is 0 Å². The van der Waals surface area contributed by atoms with Crippen molar-refractivity contribution in [3.63, 3.8) is 0 Å². The molecule has 20 heavy (non-hydrogen) atoms. The van der Waals surface area contributed by atoms with E-state index in [2.05, 4.69) is 16.7 Å². The van der Waals surface area contributed by atoms with E-state index in [4.69, 9.17) is 0 Å². The zero-order valence-corrected chi connectivity index (χ0v) is 12.6. The van der Waals surface area contributed by atoms with Gasteiger partial charge in [-0.1, -0.05) is 0 Å². The average molecular weight is 278 g/mol. The Morgan fingerprint density at radius 2 is 2.05 bits per heavy atom. The molecule has 1 unspecified atom stereocenters. The fourth-order valence-corrected chi connectivity index (χ4v) is 4.03. The van der Waals surface area contributed by atoms with Crippen molar-refractivity contribution in [2.24, 2.45) is 5.92 Å². The van der Waals surface area contributed by atoms with Crippen LogP contribution in [0, 0.1) is 5.92 Å². The van der Waals surface area contributed by atoms with Crippen LogP contribution in [0.15, 0.2) is 0 Å². The Labute approximate surface area is 121 Å². The van der Waals surface area contributed by atoms with Gasteiger partial charge in [0.15, 0.2) is 0 Å². The Bertz CT molecular complexity index is 405. The van der Waals surface area contributed by atoms with Gasteiger partial charge in [-0.05, 0) is 51.4 Å². The van der Waals surface area contributed by atoms with E-state index in [0.29, 0.717) is 24.2 Å². The van der Waals surface area contributed by atoms with Gasteiger partial charge in [0.25, 0.3) is 0 Å². The summed E-state index contributed by atoms with van der Waals surface area (Å²) in [6, 6.07) is 0. The molecular weight excluding hydrogens is 252 g/mol. The minimum Gasteiger partial charge on any atom is -0.343 e. The number of hydrogen-bond acceptors (Lipinski definition) is 2. The molecular formula is C16H26N2O2. The van der Waals surface area contributed by atoms with Crippen molar-refractivity contribution in [3.05, 3.63) is 0 Å². The minimum absolute atomic E-state index is 0.0560. The summed E-state index contributed by atoms with van der Waals surface area (Å²) in [5.41, 5.74) is 0.0560. The molecule has 3 rings (SSSR count). The summed E-state index contributed by atoms with van der Waals surface area (Å²) in [6.45, 7) is 4.62. The van der Waals surface area contributed by atoms with Crippen molar-refractivity contribution in [1.82, 2.24) is 9.80 Å². The second-order valence-corrected chi connectivity index (χ2v) is 6.74. The molecule has 0 radical (unpaired) electrons. The molecule has 4 nitrogen and oxygen atoms in total. The SMILES string of the molecule is CCN1C(=O)CCC12CCCN(C(=O)CC1CC1)CC2. The van der Waals surface area contributed by atoms with Crippen molar-refractivity contribution >= 4 is 11.8 Å². The highest BCUT2D eigenvalue weighted by atomic mass is 16.2. The molecule has 2 aliphatic heterocycles. The van der Waals surface area contributed by atoms with E-state index in [-0.39, 0.29) is 5.54 Å². The number of likely N-dealkylation sites (tertiary alicyclic amines) is 2. The lowest BCUT2D eigenvalue weighted by Gasteiger charge is -2.37.